The number of rotatable bonds is 2. The summed E-state index contributed by atoms with van der Waals surface area (Å²) >= 11 is 3.28. The van der Waals surface area contributed by atoms with Crippen molar-refractivity contribution < 1.29 is 9.59 Å². The number of halogens is 1. The Balaban J connectivity index is 2.01. The van der Waals surface area contributed by atoms with E-state index in [1.807, 2.05) is 6.07 Å². The van der Waals surface area contributed by atoms with E-state index in [1.54, 1.807) is 42.5 Å². The van der Waals surface area contributed by atoms with Gasteiger partial charge in [0.05, 0.1) is 11.6 Å². The molecule has 21 heavy (non-hydrogen) atoms. The Morgan fingerprint density at radius 1 is 0.952 bits per heavy atom. The summed E-state index contributed by atoms with van der Waals surface area (Å²) in [7, 11) is 0. The summed E-state index contributed by atoms with van der Waals surface area (Å²) in [4.78, 5) is 23.5. The first kappa shape index (κ1) is 14.8. The molecule has 6 heteroatoms. The van der Waals surface area contributed by atoms with Crippen LogP contribution in [0.4, 0.5) is 11.4 Å². The van der Waals surface area contributed by atoms with Gasteiger partial charge in [-0.3, -0.25) is 9.59 Å². The van der Waals surface area contributed by atoms with Crippen molar-refractivity contribution in [2.24, 2.45) is 0 Å². The molecule has 2 N–H and O–H groups in total. The second-order valence-corrected chi connectivity index (χ2v) is 5.02. The summed E-state index contributed by atoms with van der Waals surface area (Å²) < 4.78 is 0.873. The number of nitrogens with zero attached hydrogens (tertiary/aromatic N) is 1. The molecule has 2 aromatic rings. The summed E-state index contributed by atoms with van der Waals surface area (Å²) in [6.07, 6.45) is 0. The zero-order valence-corrected chi connectivity index (χ0v) is 12.3. The fourth-order valence-electron chi connectivity index (χ4n) is 1.58. The first-order valence-electron chi connectivity index (χ1n) is 5.96. The molecule has 2 amide bonds. The Kier molecular flexibility index (Phi) is 4.69. The van der Waals surface area contributed by atoms with Crippen LogP contribution in [0, 0.1) is 11.3 Å². The number of hydrogen-bond acceptors (Lipinski definition) is 3. The molecule has 0 aliphatic carbocycles. The number of carbonyl (C=O) groups excluding carboxylic acids is 2. The SMILES string of the molecule is N#Cc1cccc(NC(=O)C(=O)Nc2ccc(Br)cc2)c1. The van der Waals surface area contributed by atoms with Gasteiger partial charge in [0.15, 0.2) is 0 Å². The Hall–Kier alpha value is -2.65. The van der Waals surface area contributed by atoms with Crippen LogP contribution >= 0.6 is 15.9 Å². The first-order valence-corrected chi connectivity index (χ1v) is 6.76. The van der Waals surface area contributed by atoms with Crippen molar-refractivity contribution >= 4 is 39.1 Å². The Labute approximate surface area is 129 Å². The zero-order chi connectivity index (χ0) is 15.2. The number of benzene rings is 2. The Morgan fingerprint density at radius 3 is 2.19 bits per heavy atom. The minimum Gasteiger partial charge on any atom is -0.318 e. The average molecular weight is 344 g/mol. The second kappa shape index (κ2) is 6.68. The van der Waals surface area contributed by atoms with Gasteiger partial charge < -0.3 is 10.6 Å². The molecule has 0 radical (unpaired) electrons. The fourth-order valence-corrected chi connectivity index (χ4v) is 1.84. The largest absolute Gasteiger partial charge is 0.318 e. The summed E-state index contributed by atoms with van der Waals surface area (Å²) in [5.41, 5.74) is 1.32. The molecule has 0 unspecified atom stereocenters. The van der Waals surface area contributed by atoms with Crippen molar-refractivity contribution in [1.82, 2.24) is 0 Å². The van der Waals surface area contributed by atoms with Crippen LogP contribution in [0.3, 0.4) is 0 Å². The monoisotopic (exact) mass is 343 g/mol. The summed E-state index contributed by atoms with van der Waals surface area (Å²) in [5, 5.41) is 13.7. The van der Waals surface area contributed by atoms with Gasteiger partial charge in [-0.25, -0.2) is 0 Å². The van der Waals surface area contributed by atoms with Gasteiger partial charge in [-0.1, -0.05) is 22.0 Å². The molecule has 0 saturated carbocycles. The van der Waals surface area contributed by atoms with Gasteiger partial charge in [0.1, 0.15) is 0 Å². The number of nitrogens with one attached hydrogen (secondary N) is 2. The molecule has 2 rings (SSSR count). The summed E-state index contributed by atoms with van der Waals surface area (Å²) in [5.74, 6) is -1.58. The van der Waals surface area contributed by atoms with Crippen molar-refractivity contribution in [3.63, 3.8) is 0 Å². The van der Waals surface area contributed by atoms with E-state index in [4.69, 9.17) is 5.26 Å². The quantitative estimate of drug-likeness (QED) is 0.822. The van der Waals surface area contributed by atoms with Gasteiger partial charge in [0.25, 0.3) is 0 Å². The predicted octanol–water partition coefficient (Wildman–Crippen LogP) is 2.90. The van der Waals surface area contributed by atoms with Crippen molar-refractivity contribution in [3.05, 3.63) is 58.6 Å². The van der Waals surface area contributed by atoms with E-state index in [9.17, 15) is 9.59 Å². The van der Waals surface area contributed by atoms with Gasteiger partial charge in [0.2, 0.25) is 0 Å². The average Bonchev–Trinajstić information content (AvgIpc) is 2.49. The maximum absolute atomic E-state index is 11.8. The fraction of sp³-hybridized carbons (Fsp3) is 0. The molecule has 104 valence electrons. The van der Waals surface area contributed by atoms with Crippen LogP contribution in [0.25, 0.3) is 0 Å². The van der Waals surface area contributed by atoms with E-state index >= 15 is 0 Å². The zero-order valence-electron chi connectivity index (χ0n) is 10.8. The van der Waals surface area contributed by atoms with Gasteiger partial charge in [-0.05, 0) is 42.5 Å². The van der Waals surface area contributed by atoms with Crippen molar-refractivity contribution in [3.8, 4) is 6.07 Å². The van der Waals surface area contributed by atoms with Crippen molar-refractivity contribution in [2.75, 3.05) is 10.6 Å². The molecule has 0 fully saturated rings. The van der Waals surface area contributed by atoms with Crippen LogP contribution in [0.15, 0.2) is 53.0 Å². The van der Waals surface area contributed by atoms with Gasteiger partial charge in [0, 0.05) is 15.8 Å². The van der Waals surface area contributed by atoms with Crippen molar-refractivity contribution in [1.29, 1.82) is 5.26 Å². The lowest BCUT2D eigenvalue weighted by molar-refractivity contribution is -0.132. The predicted molar refractivity (Wildman–Crippen MR) is 82.6 cm³/mol. The molecule has 0 heterocycles. The van der Waals surface area contributed by atoms with Crippen LogP contribution in [-0.2, 0) is 9.59 Å². The first-order chi connectivity index (χ1) is 10.1. The van der Waals surface area contributed by atoms with E-state index in [0.717, 1.165) is 4.47 Å². The lowest BCUT2D eigenvalue weighted by Crippen LogP contribution is -2.29. The highest BCUT2D eigenvalue weighted by molar-refractivity contribution is 9.10. The summed E-state index contributed by atoms with van der Waals surface area (Å²) in [6, 6.07) is 15.1. The molecule has 2 aromatic carbocycles. The normalized spacial score (nSPS) is 9.52. The van der Waals surface area contributed by atoms with Crippen LogP contribution < -0.4 is 10.6 Å². The van der Waals surface area contributed by atoms with E-state index in [0.29, 0.717) is 16.9 Å². The maximum atomic E-state index is 11.8. The molecule has 0 aliphatic heterocycles. The van der Waals surface area contributed by atoms with Gasteiger partial charge in [-0.15, -0.1) is 0 Å². The molecule has 5 nitrogen and oxygen atoms in total. The Morgan fingerprint density at radius 2 is 1.57 bits per heavy atom. The van der Waals surface area contributed by atoms with E-state index < -0.39 is 11.8 Å². The topological polar surface area (TPSA) is 82.0 Å². The third-order valence-corrected chi connectivity index (χ3v) is 3.09. The second-order valence-electron chi connectivity index (χ2n) is 4.11. The van der Waals surface area contributed by atoms with E-state index in [1.165, 1.54) is 6.07 Å². The minimum atomic E-state index is -0.798. The molecule has 0 atom stereocenters. The van der Waals surface area contributed by atoms with Gasteiger partial charge >= 0.3 is 11.8 Å². The molecule has 0 spiro atoms. The van der Waals surface area contributed by atoms with Crippen LogP contribution in [0.1, 0.15) is 5.56 Å². The lowest BCUT2D eigenvalue weighted by atomic mass is 10.2. The third-order valence-electron chi connectivity index (χ3n) is 2.56. The standard InChI is InChI=1S/C15H10BrN3O2/c16-11-4-6-12(7-5-11)18-14(20)15(21)19-13-3-1-2-10(8-13)9-17/h1-8H,(H,18,20)(H,19,21). The molecule has 0 aromatic heterocycles. The highest BCUT2D eigenvalue weighted by atomic mass is 79.9. The molecular formula is C15H10BrN3O2. The van der Waals surface area contributed by atoms with Gasteiger partial charge in [-0.2, -0.15) is 5.26 Å². The minimum absolute atomic E-state index is 0.394. The lowest BCUT2D eigenvalue weighted by Gasteiger charge is -2.06. The van der Waals surface area contributed by atoms with Crippen LogP contribution in [0.5, 0.6) is 0 Å². The third kappa shape index (κ3) is 4.16. The van der Waals surface area contributed by atoms with Crippen LogP contribution in [-0.4, -0.2) is 11.8 Å². The highest BCUT2D eigenvalue weighted by Gasteiger charge is 2.14. The molecule has 0 bridgehead atoms. The smallest absolute Gasteiger partial charge is 0.314 e. The number of carbonyl (C=O) groups is 2. The highest BCUT2D eigenvalue weighted by Crippen LogP contribution is 2.14. The van der Waals surface area contributed by atoms with Crippen LogP contribution in [0.2, 0.25) is 0 Å². The van der Waals surface area contributed by atoms with E-state index in [-0.39, 0.29) is 0 Å². The Bertz CT molecular complexity index is 720. The summed E-state index contributed by atoms with van der Waals surface area (Å²) in [6.45, 7) is 0. The van der Waals surface area contributed by atoms with Crippen molar-refractivity contribution in [2.45, 2.75) is 0 Å². The van der Waals surface area contributed by atoms with E-state index in [2.05, 4.69) is 26.6 Å². The number of anilines is 2. The molecule has 0 aliphatic rings. The number of nitriles is 1. The molecule has 0 saturated heterocycles. The number of amides is 2. The number of hydrogen-bond donors (Lipinski definition) is 2. The molecular weight excluding hydrogens is 334 g/mol. The maximum Gasteiger partial charge on any atom is 0.314 e.